The average molecular weight is 381 g/mol. The fourth-order valence-electron chi connectivity index (χ4n) is 4.06. The van der Waals surface area contributed by atoms with Gasteiger partial charge in [0.2, 0.25) is 5.90 Å². The summed E-state index contributed by atoms with van der Waals surface area (Å²) in [5, 5.41) is 2.04. The molecule has 6 rings (SSSR count). The lowest BCUT2D eigenvalue weighted by Gasteiger charge is -2.42. The second kappa shape index (κ2) is 5.81. The van der Waals surface area contributed by atoms with Gasteiger partial charge in [-0.25, -0.2) is 4.99 Å². The van der Waals surface area contributed by atoms with Crippen LogP contribution in [0.3, 0.4) is 0 Å². The highest BCUT2D eigenvalue weighted by Gasteiger charge is 2.49. The van der Waals surface area contributed by atoms with E-state index < -0.39 is 5.60 Å². The van der Waals surface area contributed by atoms with E-state index in [0.29, 0.717) is 5.90 Å². The molecule has 0 amide bonds. The van der Waals surface area contributed by atoms with E-state index in [1.165, 1.54) is 0 Å². The zero-order valence-corrected chi connectivity index (χ0v) is 15.6. The van der Waals surface area contributed by atoms with Crippen molar-refractivity contribution >= 4 is 22.9 Å². The van der Waals surface area contributed by atoms with Gasteiger partial charge < -0.3 is 9.47 Å². The first kappa shape index (κ1) is 15.7. The van der Waals surface area contributed by atoms with E-state index in [4.69, 9.17) is 14.5 Å². The maximum absolute atomic E-state index is 6.82. The number of rotatable bonds is 1. The summed E-state index contributed by atoms with van der Waals surface area (Å²) < 4.78 is 13.0. The SMILES string of the molecule is c1csc(C2=Nc3ccccc3C3(O2)c2ccccc2Oc2ccccc23)c1. The fourth-order valence-corrected chi connectivity index (χ4v) is 4.71. The van der Waals surface area contributed by atoms with Crippen molar-refractivity contribution in [1.29, 1.82) is 0 Å². The number of hydrogen-bond donors (Lipinski definition) is 0. The highest BCUT2D eigenvalue weighted by Crippen LogP contribution is 2.56. The Morgan fingerprint density at radius 1 is 0.679 bits per heavy atom. The third kappa shape index (κ3) is 2.06. The van der Waals surface area contributed by atoms with Gasteiger partial charge in [0.05, 0.1) is 10.6 Å². The molecule has 1 aromatic heterocycles. The molecule has 2 aliphatic rings. The van der Waals surface area contributed by atoms with Gasteiger partial charge in [-0.15, -0.1) is 11.3 Å². The molecule has 3 heterocycles. The monoisotopic (exact) mass is 381 g/mol. The van der Waals surface area contributed by atoms with Gasteiger partial charge >= 0.3 is 0 Å². The van der Waals surface area contributed by atoms with Crippen molar-refractivity contribution in [2.45, 2.75) is 5.60 Å². The number of aliphatic imine (C=N–C) groups is 1. The van der Waals surface area contributed by atoms with Crippen molar-refractivity contribution in [2.24, 2.45) is 4.99 Å². The summed E-state index contributed by atoms with van der Waals surface area (Å²) in [5.74, 6) is 2.26. The topological polar surface area (TPSA) is 30.8 Å². The van der Waals surface area contributed by atoms with Crippen molar-refractivity contribution in [2.75, 3.05) is 0 Å². The van der Waals surface area contributed by atoms with Gasteiger partial charge in [-0.05, 0) is 29.6 Å². The lowest BCUT2D eigenvalue weighted by atomic mass is 9.76. The zero-order chi connectivity index (χ0) is 18.6. The van der Waals surface area contributed by atoms with E-state index >= 15 is 0 Å². The van der Waals surface area contributed by atoms with Crippen molar-refractivity contribution < 1.29 is 9.47 Å². The quantitative estimate of drug-likeness (QED) is 0.390. The fraction of sp³-hybridized carbons (Fsp3) is 0.0417. The molecule has 0 atom stereocenters. The molecule has 4 heteroatoms. The predicted octanol–water partition coefficient (Wildman–Crippen LogP) is 6.25. The first-order chi connectivity index (χ1) is 13.9. The summed E-state index contributed by atoms with van der Waals surface area (Å²) in [7, 11) is 0. The molecule has 0 aliphatic carbocycles. The van der Waals surface area contributed by atoms with Crippen LogP contribution in [0, 0.1) is 0 Å². The smallest absolute Gasteiger partial charge is 0.233 e. The molecular weight excluding hydrogens is 366 g/mol. The summed E-state index contributed by atoms with van der Waals surface area (Å²) in [6, 6.07) is 28.5. The maximum atomic E-state index is 6.82. The average Bonchev–Trinajstić information content (AvgIpc) is 3.29. The van der Waals surface area contributed by atoms with Crippen LogP contribution in [0.25, 0.3) is 0 Å². The zero-order valence-electron chi connectivity index (χ0n) is 14.8. The molecular formula is C24H15NO2S. The third-order valence-electron chi connectivity index (χ3n) is 5.24. The maximum Gasteiger partial charge on any atom is 0.233 e. The molecule has 0 saturated heterocycles. The molecule has 0 unspecified atom stereocenters. The Morgan fingerprint density at radius 2 is 1.32 bits per heavy atom. The molecule has 28 heavy (non-hydrogen) atoms. The van der Waals surface area contributed by atoms with E-state index in [2.05, 4.69) is 18.2 Å². The summed E-state index contributed by atoms with van der Waals surface area (Å²) in [6.45, 7) is 0. The largest absolute Gasteiger partial charge is 0.456 e. The van der Waals surface area contributed by atoms with Crippen LogP contribution in [0.4, 0.5) is 5.69 Å². The highest BCUT2D eigenvalue weighted by atomic mass is 32.1. The molecule has 2 aliphatic heterocycles. The van der Waals surface area contributed by atoms with E-state index in [1.54, 1.807) is 11.3 Å². The van der Waals surface area contributed by atoms with Crippen LogP contribution < -0.4 is 4.74 Å². The molecule has 3 nitrogen and oxygen atoms in total. The number of thiophene rings is 1. The lowest BCUT2D eigenvalue weighted by molar-refractivity contribution is 0.124. The molecule has 134 valence electrons. The highest BCUT2D eigenvalue weighted by molar-refractivity contribution is 7.12. The van der Waals surface area contributed by atoms with Crippen LogP contribution in [-0.2, 0) is 10.3 Å². The molecule has 3 aromatic carbocycles. The Labute approximate surface area is 166 Å². The van der Waals surface area contributed by atoms with Crippen LogP contribution in [0.2, 0.25) is 0 Å². The molecule has 4 aromatic rings. The van der Waals surface area contributed by atoms with Gasteiger partial charge in [0, 0.05) is 16.7 Å². The Morgan fingerprint density at radius 3 is 2.00 bits per heavy atom. The molecule has 1 spiro atoms. The summed E-state index contributed by atoms with van der Waals surface area (Å²) in [6.07, 6.45) is 0. The number of ether oxygens (including phenoxy) is 2. The van der Waals surface area contributed by atoms with Gasteiger partial charge in [-0.2, -0.15) is 0 Å². The predicted molar refractivity (Wildman–Crippen MR) is 111 cm³/mol. The minimum absolute atomic E-state index is 0.639. The van der Waals surface area contributed by atoms with E-state index in [9.17, 15) is 0 Å². The summed E-state index contributed by atoms with van der Waals surface area (Å²) in [4.78, 5) is 5.86. The van der Waals surface area contributed by atoms with Gasteiger partial charge in [-0.1, -0.05) is 60.7 Å². The molecule has 0 saturated carbocycles. The van der Waals surface area contributed by atoms with Crippen molar-refractivity contribution in [3.8, 4) is 11.5 Å². The molecule has 0 fully saturated rings. The van der Waals surface area contributed by atoms with Crippen LogP contribution in [0.15, 0.2) is 95.3 Å². The third-order valence-corrected chi connectivity index (χ3v) is 6.10. The molecule has 0 N–H and O–H groups in total. The standard InChI is InChI=1S/C24H15NO2S/c1-4-11-19-16(8-1)24(27-23(25-19)22-14-7-15-28-22)17-9-2-5-12-20(17)26-21-13-6-3-10-18(21)24/h1-15H. The van der Waals surface area contributed by atoms with Gasteiger partial charge in [0.25, 0.3) is 0 Å². The van der Waals surface area contributed by atoms with Crippen molar-refractivity contribution in [3.63, 3.8) is 0 Å². The van der Waals surface area contributed by atoms with Gasteiger partial charge in [0.15, 0.2) is 5.60 Å². The van der Waals surface area contributed by atoms with E-state index in [-0.39, 0.29) is 0 Å². The number of fused-ring (bicyclic) bond motifs is 6. The Balaban J connectivity index is 1.72. The van der Waals surface area contributed by atoms with Crippen molar-refractivity contribution in [1.82, 2.24) is 0 Å². The Bertz CT molecular complexity index is 1180. The van der Waals surface area contributed by atoms with Crippen LogP contribution in [0.1, 0.15) is 21.6 Å². The van der Waals surface area contributed by atoms with Gasteiger partial charge in [-0.3, -0.25) is 0 Å². The number of nitrogens with zero attached hydrogens (tertiary/aromatic N) is 1. The van der Waals surface area contributed by atoms with Crippen molar-refractivity contribution in [3.05, 3.63) is 112 Å². The number of hydrogen-bond acceptors (Lipinski definition) is 4. The van der Waals surface area contributed by atoms with Crippen LogP contribution >= 0.6 is 11.3 Å². The van der Waals surface area contributed by atoms with Crippen LogP contribution in [0.5, 0.6) is 11.5 Å². The number of benzene rings is 3. The Kier molecular flexibility index (Phi) is 3.25. The summed E-state index contributed by atoms with van der Waals surface area (Å²) in [5.41, 5.74) is 3.13. The van der Waals surface area contributed by atoms with Crippen LogP contribution in [-0.4, -0.2) is 5.90 Å². The minimum Gasteiger partial charge on any atom is -0.456 e. The van der Waals surface area contributed by atoms with Gasteiger partial charge in [0.1, 0.15) is 11.5 Å². The normalized spacial score (nSPS) is 15.5. The molecule has 0 radical (unpaired) electrons. The van der Waals surface area contributed by atoms with E-state index in [0.717, 1.165) is 38.8 Å². The first-order valence-electron chi connectivity index (χ1n) is 9.14. The minimum atomic E-state index is -0.802. The second-order valence-corrected chi connectivity index (χ2v) is 7.74. The Hall–Kier alpha value is -3.37. The van der Waals surface area contributed by atoms with E-state index in [1.807, 2.05) is 72.1 Å². The first-order valence-corrected chi connectivity index (χ1v) is 10.0. The second-order valence-electron chi connectivity index (χ2n) is 6.79. The molecule has 0 bridgehead atoms. The lowest BCUT2D eigenvalue weighted by Crippen LogP contribution is -2.39. The summed E-state index contributed by atoms with van der Waals surface area (Å²) >= 11 is 1.63. The number of para-hydroxylation sites is 3.